The van der Waals surface area contributed by atoms with Crippen LogP contribution in [-0.4, -0.2) is 37.1 Å². The quantitative estimate of drug-likeness (QED) is 0.409. The molecule has 2 saturated heterocycles. The third-order valence-corrected chi connectivity index (χ3v) is 5.81. The molecule has 2 aromatic rings. The Kier molecular flexibility index (Phi) is 6.11. The van der Waals surface area contributed by atoms with E-state index in [1.807, 2.05) is 12.1 Å². The minimum absolute atomic E-state index is 0.0953. The van der Waals surface area contributed by atoms with Gasteiger partial charge in [-0.1, -0.05) is 6.07 Å². The van der Waals surface area contributed by atoms with Crippen molar-refractivity contribution in [3.05, 3.63) is 59.2 Å². The van der Waals surface area contributed by atoms with Crippen molar-refractivity contribution in [2.45, 2.75) is 19.0 Å². The fourth-order valence-electron chi connectivity index (χ4n) is 3.86. The van der Waals surface area contributed by atoms with Gasteiger partial charge in [0, 0.05) is 30.4 Å². The van der Waals surface area contributed by atoms with E-state index in [-0.39, 0.29) is 16.4 Å². The molecule has 4 rings (SSSR count). The van der Waals surface area contributed by atoms with E-state index in [0.717, 1.165) is 48.7 Å². The van der Waals surface area contributed by atoms with Crippen molar-refractivity contribution in [2.75, 3.05) is 30.0 Å². The summed E-state index contributed by atoms with van der Waals surface area (Å²) in [6.07, 6.45) is -1.03. The fraction of sp³-hybridized carbons (Fsp3) is 0.261. The van der Waals surface area contributed by atoms with Gasteiger partial charge in [0.1, 0.15) is 11.3 Å². The van der Waals surface area contributed by atoms with Crippen LogP contribution in [0.3, 0.4) is 0 Å². The SMILES string of the molecule is COc1cc(N2CCCC2)ccc1/C=C1\C(=O)NC(=S)N(c2cccc(C(F)(F)F)c2)C1=O. The molecule has 2 aliphatic rings. The standard InChI is InChI=1S/C23H20F3N3O3S/c1-32-19-13-16(28-9-2-3-10-28)8-7-14(19)11-18-20(30)27-22(33)29(21(18)31)17-6-4-5-15(12-17)23(24,25)26/h4-8,11-13H,2-3,9-10H2,1H3,(H,27,30,33)/b18-11+. The molecular formula is C23H20F3N3O3S. The zero-order valence-corrected chi connectivity index (χ0v) is 18.4. The van der Waals surface area contributed by atoms with Crippen molar-refractivity contribution in [3.8, 4) is 5.75 Å². The maximum atomic E-state index is 13.2. The van der Waals surface area contributed by atoms with Gasteiger partial charge < -0.3 is 9.64 Å². The van der Waals surface area contributed by atoms with Crippen LogP contribution in [-0.2, 0) is 15.8 Å². The van der Waals surface area contributed by atoms with Crippen LogP contribution in [0.15, 0.2) is 48.0 Å². The molecule has 2 amide bonds. The van der Waals surface area contributed by atoms with Gasteiger partial charge in [0.25, 0.3) is 11.8 Å². The molecule has 2 aromatic carbocycles. The van der Waals surface area contributed by atoms with E-state index in [1.165, 1.54) is 25.3 Å². The van der Waals surface area contributed by atoms with E-state index in [2.05, 4.69) is 10.2 Å². The first kappa shape index (κ1) is 22.8. The number of benzene rings is 2. The van der Waals surface area contributed by atoms with Gasteiger partial charge in [-0.25, -0.2) is 0 Å². The second-order valence-corrected chi connectivity index (χ2v) is 8.01. The molecule has 0 aromatic heterocycles. The predicted octanol–water partition coefficient (Wildman–Crippen LogP) is 4.15. The number of anilines is 2. The van der Waals surface area contributed by atoms with Gasteiger partial charge in [0.05, 0.1) is 18.4 Å². The van der Waals surface area contributed by atoms with E-state index in [9.17, 15) is 22.8 Å². The Hall–Kier alpha value is -3.40. The van der Waals surface area contributed by atoms with Crippen LogP contribution in [0.5, 0.6) is 5.75 Å². The largest absolute Gasteiger partial charge is 0.496 e. The van der Waals surface area contributed by atoms with Crippen molar-refractivity contribution < 1.29 is 27.5 Å². The molecule has 0 radical (unpaired) electrons. The molecule has 0 aliphatic carbocycles. The molecule has 172 valence electrons. The van der Waals surface area contributed by atoms with Crippen LogP contribution in [0, 0.1) is 0 Å². The van der Waals surface area contributed by atoms with Crippen LogP contribution in [0.2, 0.25) is 0 Å². The maximum absolute atomic E-state index is 13.2. The van der Waals surface area contributed by atoms with Crippen LogP contribution in [0.1, 0.15) is 24.0 Å². The summed E-state index contributed by atoms with van der Waals surface area (Å²) in [6, 6.07) is 9.64. The highest BCUT2D eigenvalue weighted by Gasteiger charge is 2.36. The summed E-state index contributed by atoms with van der Waals surface area (Å²) in [4.78, 5) is 28.8. The molecule has 2 heterocycles. The van der Waals surface area contributed by atoms with Gasteiger partial charge in [-0.05, 0) is 61.5 Å². The van der Waals surface area contributed by atoms with Crippen molar-refractivity contribution in [3.63, 3.8) is 0 Å². The number of alkyl halides is 3. The second-order valence-electron chi connectivity index (χ2n) is 7.63. The number of hydrogen-bond donors (Lipinski definition) is 1. The van der Waals surface area contributed by atoms with Gasteiger partial charge in [-0.2, -0.15) is 13.2 Å². The summed E-state index contributed by atoms with van der Waals surface area (Å²) in [6.45, 7) is 1.88. The molecule has 0 spiro atoms. The second kappa shape index (κ2) is 8.86. The average molecular weight is 475 g/mol. The maximum Gasteiger partial charge on any atom is 0.416 e. The molecule has 0 saturated carbocycles. The lowest BCUT2D eigenvalue weighted by atomic mass is 10.0. The first-order valence-electron chi connectivity index (χ1n) is 10.2. The number of carbonyl (C=O) groups excluding carboxylic acids is 2. The van der Waals surface area contributed by atoms with Crippen molar-refractivity contribution in [2.24, 2.45) is 0 Å². The van der Waals surface area contributed by atoms with Gasteiger partial charge in [-0.15, -0.1) is 0 Å². The number of amides is 2. The highest BCUT2D eigenvalue weighted by atomic mass is 32.1. The van der Waals surface area contributed by atoms with Crippen molar-refractivity contribution in [1.29, 1.82) is 0 Å². The first-order chi connectivity index (χ1) is 15.7. The number of ether oxygens (including phenoxy) is 1. The molecule has 33 heavy (non-hydrogen) atoms. The summed E-state index contributed by atoms with van der Waals surface area (Å²) in [5.41, 5.74) is 0.154. The average Bonchev–Trinajstić information content (AvgIpc) is 3.31. The van der Waals surface area contributed by atoms with Gasteiger partial charge >= 0.3 is 6.18 Å². The molecule has 2 aliphatic heterocycles. The van der Waals surface area contributed by atoms with E-state index in [0.29, 0.717) is 11.3 Å². The minimum Gasteiger partial charge on any atom is -0.496 e. The molecule has 10 heteroatoms. The zero-order valence-electron chi connectivity index (χ0n) is 17.6. The Morgan fingerprint density at radius 2 is 1.79 bits per heavy atom. The summed E-state index contributed by atoms with van der Waals surface area (Å²) in [5.74, 6) is -1.10. The van der Waals surface area contributed by atoms with Crippen LogP contribution < -0.4 is 19.9 Å². The molecular weight excluding hydrogens is 455 g/mol. The highest BCUT2D eigenvalue weighted by Crippen LogP contribution is 2.34. The van der Waals surface area contributed by atoms with Gasteiger partial charge in [0.2, 0.25) is 0 Å². The molecule has 2 fully saturated rings. The van der Waals surface area contributed by atoms with Crippen molar-refractivity contribution >= 4 is 46.6 Å². The Balaban J connectivity index is 1.70. The van der Waals surface area contributed by atoms with Crippen LogP contribution >= 0.6 is 12.2 Å². The van der Waals surface area contributed by atoms with E-state index >= 15 is 0 Å². The number of hydrogen-bond acceptors (Lipinski definition) is 5. The third kappa shape index (κ3) is 4.56. The summed E-state index contributed by atoms with van der Waals surface area (Å²) >= 11 is 5.08. The number of nitrogens with one attached hydrogen (secondary N) is 1. The summed E-state index contributed by atoms with van der Waals surface area (Å²) < 4.78 is 44.9. The molecule has 6 nitrogen and oxygen atoms in total. The number of carbonyl (C=O) groups is 2. The lowest BCUT2D eigenvalue weighted by Gasteiger charge is -2.29. The van der Waals surface area contributed by atoms with Crippen LogP contribution in [0.25, 0.3) is 6.08 Å². The lowest BCUT2D eigenvalue weighted by Crippen LogP contribution is -2.54. The number of methoxy groups -OCH3 is 1. The predicted molar refractivity (Wildman–Crippen MR) is 122 cm³/mol. The smallest absolute Gasteiger partial charge is 0.416 e. The molecule has 0 bridgehead atoms. The van der Waals surface area contributed by atoms with E-state index in [1.54, 1.807) is 6.07 Å². The monoisotopic (exact) mass is 475 g/mol. The minimum atomic E-state index is -4.59. The highest BCUT2D eigenvalue weighted by molar-refractivity contribution is 7.80. The van der Waals surface area contributed by atoms with Crippen LogP contribution in [0.4, 0.5) is 24.5 Å². The van der Waals surface area contributed by atoms with E-state index < -0.39 is 23.6 Å². The van der Waals surface area contributed by atoms with Gasteiger partial charge in [0.15, 0.2) is 5.11 Å². The first-order valence-corrected chi connectivity index (χ1v) is 10.6. The summed E-state index contributed by atoms with van der Waals surface area (Å²) in [7, 11) is 1.48. The Morgan fingerprint density at radius 3 is 2.45 bits per heavy atom. The normalized spacial score (nSPS) is 18.2. The molecule has 0 atom stereocenters. The molecule has 0 unspecified atom stereocenters. The summed E-state index contributed by atoms with van der Waals surface area (Å²) in [5, 5.41) is 2.09. The number of nitrogens with zero attached hydrogens (tertiary/aromatic N) is 2. The topological polar surface area (TPSA) is 61.9 Å². The Labute approximate surface area is 193 Å². The van der Waals surface area contributed by atoms with E-state index in [4.69, 9.17) is 17.0 Å². The molecule has 1 N–H and O–H groups in total. The van der Waals surface area contributed by atoms with Gasteiger partial charge in [-0.3, -0.25) is 19.8 Å². The fourth-order valence-corrected chi connectivity index (χ4v) is 4.14. The number of halogens is 3. The number of thiocarbonyl (C=S) groups is 1. The number of rotatable bonds is 4. The zero-order chi connectivity index (χ0) is 23.8. The Morgan fingerprint density at radius 1 is 1.06 bits per heavy atom. The van der Waals surface area contributed by atoms with Crippen molar-refractivity contribution in [1.82, 2.24) is 5.32 Å². The lowest BCUT2D eigenvalue weighted by molar-refractivity contribution is -0.137. The Bertz CT molecular complexity index is 1160. The third-order valence-electron chi connectivity index (χ3n) is 5.52.